The van der Waals surface area contributed by atoms with Crippen LogP contribution in [0, 0.1) is 0 Å². The zero-order valence-corrected chi connectivity index (χ0v) is 8.67. The number of rotatable bonds is 4. The number of aliphatic hydroxyl groups excluding tert-OH is 1. The Morgan fingerprint density at radius 1 is 1.44 bits per heavy atom. The van der Waals surface area contributed by atoms with E-state index in [1.54, 1.807) is 24.7 Å². The fraction of sp³-hybridized carbons (Fsp3) is 0.273. The zero-order valence-electron chi connectivity index (χ0n) is 8.67. The van der Waals surface area contributed by atoms with Gasteiger partial charge < -0.3 is 5.11 Å². The maximum Gasteiger partial charge on any atom is 0.109 e. The van der Waals surface area contributed by atoms with Crippen LogP contribution in [-0.2, 0) is 13.2 Å². The fourth-order valence-corrected chi connectivity index (χ4v) is 1.53. The van der Waals surface area contributed by atoms with E-state index in [9.17, 15) is 9.50 Å². The molecule has 2 aromatic heterocycles. The Kier molecular flexibility index (Phi) is 3.26. The van der Waals surface area contributed by atoms with Crippen molar-refractivity contribution >= 4 is 0 Å². The van der Waals surface area contributed by atoms with Crippen LogP contribution < -0.4 is 0 Å². The van der Waals surface area contributed by atoms with Crippen molar-refractivity contribution in [2.75, 3.05) is 6.67 Å². The van der Waals surface area contributed by atoms with Gasteiger partial charge in [0, 0.05) is 29.7 Å². The first-order valence-corrected chi connectivity index (χ1v) is 4.98. The number of hydrogen-bond donors (Lipinski definition) is 1. The van der Waals surface area contributed by atoms with Gasteiger partial charge in [0.05, 0.1) is 18.8 Å². The molecule has 0 saturated carbocycles. The molecule has 0 radical (unpaired) electrons. The lowest BCUT2D eigenvalue weighted by molar-refractivity contribution is 0.282. The van der Waals surface area contributed by atoms with Crippen molar-refractivity contribution in [2.45, 2.75) is 13.2 Å². The molecule has 0 fully saturated rings. The highest BCUT2D eigenvalue weighted by Crippen LogP contribution is 2.20. The van der Waals surface area contributed by atoms with Crippen LogP contribution in [0.15, 0.2) is 30.7 Å². The number of nitrogens with zero attached hydrogens (tertiary/aromatic N) is 3. The predicted octanol–water partition coefficient (Wildman–Crippen LogP) is 1.41. The molecule has 0 aliphatic heterocycles. The first kappa shape index (κ1) is 10.8. The van der Waals surface area contributed by atoms with E-state index in [0.29, 0.717) is 11.3 Å². The van der Waals surface area contributed by atoms with E-state index < -0.39 is 6.67 Å². The number of aliphatic hydroxyl groups is 1. The molecule has 0 bridgehead atoms. The number of alkyl halides is 1. The van der Waals surface area contributed by atoms with Crippen LogP contribution in [0.1, 0.15) is 5.56 Å². The second-order valence-corrected chi connectivity index (χ2v) is 3.35. The molecular formula is C11H12FN3O. The highest BCUT2D eigenvalue weighted by molar-refractivity contribution is 5.61. The molecule has 2 aromatic rings. The standard InChI is InChI=1S/C11H12FN3O/c12-3-5-15-7-10(8-16)11(14-15)9-2-1-4-13-6-9/h1-2,4,6-7,16H,3,5,8H2. The summed E-state index contributed by atoms with van der Waals surface area (Å²) in [6, 6.07) is 3.65. The van der Waals surface area contributed by atoms with E-state index in [1.165, 1.54) is 4.68 Å². The van der Waals surface area contributed by atoms with Gasteiger partial charge in [0.1, 0.15) is 6.67 Å². The lowest BCUT2D eigenvalue weighted by Gasteiger charge is -1.97. The molecule has 0 aliphatic rings. The Balaban J connectivity index is 2.39. The van der Waals surface area contributed by atoms with Crippen molar-refractivity contribution in [3.8, 4) is 11.3 Å². The van der Waals surface area contributed by atoms with E-state index in [1.807, 2.05) is 6.07 Å². The predicted molar refractivity (Wildman–Crippen MR) is 57.4 cm³/mol. The SMILES string of the molecule is OCc1cn(CCF)nc1-c1cccnc1. The summed E-state index contributed by atoms with van der Waals surface area (Å²) in [4.78, 5) is 3.99. The second-order valence-electron chi connectivity index (χ2n) is 3.35. The molecule has 0 aromatic carbocycles. The monoisotopic (exact) mass is 221 g/mol. The lowest BCUT2D eigenvalue weighted by atomic mass is 10.1. The third-order valence-corrected chi connectivity index (χ3v) is 2.26. The summed E-state index contributed by atoms with van der Waals surface area (Å²) in [6.07, 6.45) is 4.99. The number of hydrogen-bond acceptors (Lipinski definition) is 3. The Hall–Kier alpha value is -1.75. The van der Waals surface area contributed by atoms with Crippen LogP contribution in [0.3, 0.4) is 0 Å². The lowest BCUT2D eigenvalue weighted by Crippen LogP contribution is -1.99. The maximum atomic E-state index is 12.2. The van der Waals surface area contributed by atoms with Crippen molar-refractivity contribution in [1.29, 1.82) is 0 Å². The summed E-state index contributed by atoms with van der Waals surface area (Å²) in [5.41, 5.74) is 2.16. The third kappa shape index (κ3) is 2.09. The van der Waals surface area contributed by atoms with Crippen molar-refractivity contribution in [3.63, 3.8) is 0 Å². The van der Waals surface area contributed by atoms with E-state index in [-0.39, 0.29) is 13.2 Å². The normalized spacial score (nSPS) is 10.6. The van der Waals surface area contributed by atoms with Crippen molar-refractivity contribution < 1.29 is 9.50 Å². The van der Waals surface area contributed by atoms with Gasteiger partial charge in [-0.15, -0.1) is 0 Å². The molecule has 5 heteroatoms. The molecule has 0 amide bonds. The van der Waals surface area contributed by atoms with Crippen molar-refractivity contribution in [3.05, 3.63) is 36.3 Å². The molecule has 1 N–H and O–H groups in total. The highest BCUT2D eigenvalue weighted by Gasteiger charge is 2.10. The van der Waals surface area contributed by atoms with Crippen molar-refractivity contribution in [2.24, 2.45) is 0 Å². The molecule has 0 aliphatic carbocycles. The summed E-state index contributed by atoms with van der Waals surface area (Å²) in [6.45, 7) is -0.386. The average Bonchev–Trinajstić information content (AvgIpc) is 2.74. The molecule has 0 unspecified atom stereocenters. The van der Waals surface area contributed by atoms with Crippen LogP contribution in [-0.4, -0.2) is 26.5 Å². The summed E-state index contributed by atoms with van der Waals surface area (Å²) in [5.74, 6) is 0. The maximum absolute atomic E-state index is 12.2. The fourth-order valence-electron chi connectivity index (χ4n) is 1.53. The van der Waals surface area contributed by atoms with Crippen LogP contribution in [0.5, 0.6) is 0 Å². The van der Waals surface area contributed by atoms with Gasteiger partial charge in [-0.05, 0) is 12.1 Å². The molecular weight excluding hydrogens is 209 g/mol. The summed E-state index contributed by atoms with van der Waals surface area (Å²) in [5, 5.41) is 13.4. The first-order valence-electron chi connectivity index (χ1n) is 4.98. The number of aromatic nitrogens is 3. The van der Waals surface area contributed by atoms with Gasteiger partial charge in [0.2, 0.25) is 0 Å². The Morgan fingerprint density at radius 2 is 2.31 bits per heavy atom. The minimum absolute atomic E-state index is 0.115. The smallest absolute Gasteiger partial charge is 0.109 e. The summed E-state index contributed by atoms with van der Waals surface area (Å²) in [7, 11) is 0. The number of aryl methyl sites for hydroxylation is 1. The molecule has 2 rings (SSSR count). The second kappa shape index (κ2) is 4.85. The van der Waals surface area contributed by atoms with E-state index >= 15 is 0 Å². The van der Waals surface area contributed by atoms with Crippen LogP contribution >= 0.6 is 0 Å². The molecule has 0 atom stereocenters. The molecule has 84 valence electrons. The molecule has 4 nitrogen and oxygen atoms in total. The van der Waals surface area contributed by atoms with Gasteiger partial charge in [0.25, 0.3) is 0 Å². The minimum Gasteiger partial charge on any atom is -0.392 e. The molecule has 2 heterocycles. The molecule has 0 saturated heterocycles. The zero-order chi connectivity index (χ0) is 11.4. The van der Waals surface area contributed by atoms with E-state index in [2.05, 4.69) is 10.1 Å². The topological polar surface area (TPSA) is 50.9 Å². The van der Waals surface area contributed by atoms with Gasteiger partial charge in [-0.25, -0.2) is 4.39 Å². The Labute approximate surface area is 92.4 Å². The Morgan fingerprint density at radius 3 is 2.94 bits per heavy atom. The summed E-state index contributed by atoms with van der Waals surface area (Å²) < 4.78 is 13.7. The van der Waals surface area contributed by atoms with E-state index in [4.69, 9.17) is 0 Å². The number of pyridine rings is 1. The van der Waals surface area contributed by atoms with Crippen LogP contribution in [0.2, 0.25) is 0 Å². The average molecular weight is 221 g/mol. The van der Waals surface area contributed by atoms with Crippen LogP contribution in [0.25, 0.3) is 11.3 Å². The van der Waals surface area contributed by atoms with Gasteiger partial charge >= 0.3 is 0 Å². The molecule has 0 spiro atoms. The highest BCUT2D eigenvalue weighted by atomic mass is 19.1. The quantitative estimate of drug-likeness (QED) is 0.849. The van der Waals surface area contributed by atoms with Gasteiger partial charge in [-0.3, -0.25) is 9.67 Å². The minimum atomic E-state index is -0.473. The third-order valence-electron chi connectivity index (χ3n) is 2.26. The largest absolute Gasteiger partial charge is 0.392 e. The summed E-state index contributed by atoms with van der Waals surface area (Å²) >= 11 is 0. The Bertz CT molecular complexity index is 456. The van der Waals surface area contributed by atoms with Gasteiger partial charge in [-0.1, -0.05) is 0 Å². The van der Waals surface area contributed by atoms with Crippen molar-refractivity contribution in [1.82, 2.24) is 14.8 Å². The van der Waals surface area contributed by atoms with Gasteiger partial charge in [0.15, 0.2) is 0 Å². The number of halogens is 1. The van der Waals surface area contributed by atoms with Gasteiger partial charge in [-0.2, -0.15) is 5.10 Å². The molecule has 16 heavy (non-hydrogen) atoms. The first-order chi connectivity index (χ1) is 7.85. The van der Waals surface area contributed by atoms with Crippen LogP contribution in [0.4, 0.5) is 4.39 Å². The van der Waals surface area contributed by atoms with E-state index in [0.717, 1.165) is 5.56 Å².